The van der Waals surface area contributed by atoms with E-state index in [-0.39, 0.29) is 5.82 Å². The largest absolute Gasteiger partial charge is 0.317 e. The van der Waals surface area contributed by atoms with Crippen LogP contribution in [0.1, 0.15) is 10.6 Å². The van der Waals surface area contributed by atoms with Gasteiger partial charge in [-0.3, -0.25) is 9.89 Å². The number of aromatic nitrogens is 6. The van der Waals surface area contributed by atoms with Gasteiger partial charge in [-0.15, -0.1) is 10.2 Å². The standard InChI is InChI=1S/C9H7N7O/c17-9(8-13-15-16-14-8)11-6-3-1-2-5-4-10-12-7(5)6/h1-4H,(H,10,12)(H,11,17)(H,13,14,15,16). The van der Waals surface area contributed by atoms with E-state index in [0.717, 1.165) is 10.9 Å². The summed E-state index contributed by atoms with van der Waals surface area (Å²) in [6.45, 7) is 0. The first-order chi connectivity index (χ1) is 8.34. The van der Waals surface area contributed by atoms with Crippen molar-refractivity contribution in [2.24, 2.45) is 0 Å². The van der Waals surface area contributed by atoms with Gasteiger partial charge in [-0.25, -0.2) is 0 Å². The molecule has 3 N–H and O–H groups in total. The Hall–Kier alpha value is -2.77. The lowest BCUT2D eigenvalue weighted by Crippen LogP contribution is -2.14. The van der Waals surface area contributed by atoms with Crippen molar-refractivity contribution >= 4 is 22.5 Å². The third-order valence-corrected chi connectivity index (χ3v) is 2.27. The summed E-state index contributed by atoms with van der Waals surface area (Å²) in [4.78, 5) is 11.7. The SMILES string of the molecule is O=C(Nc1cccc2cn[nH]c12)c1nn[nH]n1. The number of carbonyl (C=O) groups excluding carboxylic acids is 1. The van der Waals surface area contributed by atoms with Gasteiger partial charge in [-0.2, -0.15) is 10.3 Å². The number of hydrogen-bond donors (Lipinski definition) is 3. The summed E-state index contributed by atoms with van der Waals surface area (Å²) in [7, 11) is 0. The maximum absolute atomic E-state index is 11.7. The summed E-state index contributed by atoms with van der Waals surface area (Å²) in [6.07, 6.45) is 1.68. The molecule has 17 heavy (non-hydrogen) atoms. The van der Waals surface area contributed by atoms with Crippen molar-refractivity contribution in [1.29, 1.82) is 0 Å². The number of fused-ring (bicyclic) bond motifs is 1. The lowest BCUT2D eigenvalue weighted by molar-refractivity contribution is 0.101. The van der Waals surface area contributed by atoms with Crippen LogP contribution in [0.25, 0.3) is 10.9 Å². The molecule has 0 fully saturated rings. The molecule has 0 saturated heterocycles. The Kier molecular flexibility index (Phi) is 2.04. The van der Waals surface area contributed by atoms with Crippen LogP contribution in [0, 0.1) is 0 Å². The van der Waals surface area contributed by atoms with Crippen LogP contribution in [-0.4, -0.2) is 36.7 Å². The molecule has 84 valence electrons. The molecule has 0 aliphatic carbocycles. The number of rotatable bonds is 2. The van der Waals surface area contributed by atoms with Crippen LogP contribution in [0.3, 0.4) is 0 Å². The highest BCUT2D eigenvalue weighted by molar-refractivity contribution is 6.06. The van der Waals surface area contributed by atoms with Gasteiger partial charge in [-0.05, 0) is 11.3 Å². The first kappa shape index (κ1) is 9.46. The number of hydrogen-bond acceptors (Lipinski definition) is 5. The zero-order valence-corrected chi connectivity index (χ0v) is 8.51. The minimum Gasteiger partial charge on any atom is -0.317 e. The van der Waals surface area contributed by atoms with Gasteiger partial charge >= 0.3 is 0 Å². The molecule has 1 amide bonds. The number of para-hydroxylation sites is 1. The highest BCUT2D eigenvalue weighted by atomic mass is 16.2. The Balaban J connectivity index is 1.95. The summed E-state index contributed by atoms with van der Waals surface area (Å²) < 4.78 is 0. The van der Waals surface area contributed by atoms with Crippen molar-refractivity contribution in [3.8, 4) is 0 Å². The molecule has 0 radical (unpaired) electrons. The van der Waals surface area contributed by atoms with Crippen LogP contribution in [0.5, 0.6) is 0 Å². The third-order valence-electron chi connectivity index (χ3n) is 2.27. The Labute approximate surface area is 94.4 Å². The number of amides is 1. The minimum atomic E-state index is -0.430. The molecular weight excluding hydrogens is 222 g/mol. The summed E-state index contributed by atoms with van der Waals surface area (Å²) in [5, 5.41) is 23.0. The molecule has 3 rings (SSSR count). The smallest absolute Gasteiger partial charge is 0.297 e. The molecule has 3 aromatic rings. The summed E-state index contributed by atoms with van der Waals surface area (Å²) in [5.74, 6) is -0.442. The number of carbonyl (C=O) groups is 1. The van der Waals surface area contributed by atoms with Crippen molar-refractivity contribution in [2.45, 2.75) is 0 Å². The lowest BCUT2D eigenvalue weighted by atomic mass is 10.2. The van der Waals surface area contributed by atoms with E-state index >= 15 is 0 Å². The normalized spacial score (nSPS) is 10.6. The van der Waals surface area contributed by atoms with Gasteiger partial charge in [0.15, 0.2) is 0 Å². The zero-order valence-electron chi connectivity index (χ0n) is 8.51. The number of H-pyrrole nitrogens is 2. The average Bonchev–Trinajstić information content (AvgIpc) is 3.00. The average molecular weight is 229 g/mol. The van der Waals surface area contributed by atoms with Crippen LogP contribution in [0.2, 0.25) is 0 Å². The fourth-order valence-electron chi connectivity index (χ4n) is 1.51. The van der Waals surface area contributed by atoms with Gasteiger partial charge in [0, 0.05) is 5.39 Å². The predicted octanol–water partition coefficient (Wildman–Crippen LogP) is 0.328. The Morgan fingerprint density at radius 1 is 1.35 bits per heavy atom. The molecule has 2 aromatic heterocycles. The van der Waals surface area contributed by atoms with Crippen LogP contribution in [0.4, 0.5) is 5.69 Å². The van der Waals surface area contributed by atoms with Gasteiger partial charge in [0.25, 0.3) is 11.7 Å². The maximum atomic E-state index is 11.7. The third kappa shape index (κ3) is 1.61. The highest BCUT2D eigenvalue weighted by Crippen LogP contribution is 2.20. The molecule has 1 aromatic carbocycles. The monoisotopic (exact) mass is 229 g/mol. The van der Waals surface area contributed by atoms with E-state index < -0.39 is 5.91 Å². The van der Waals surface area contributed by atoms with Crippen LogP contribution in [-0.2, 0) is 0 Å². The van der Waals surface area contributed by atoms with Crippen LogP contribution < -0.4 is 5.32 Å². The lowest BCUT2D eigenvalue weighted by Gasteiger charge is -2.02. The second-order valence-corrected chi connectivity index (χ2v) is 3.33. The van der Waals surface area contributed by atoms with Crippen molar-refractivity contribution < 1.29 is 4.79 Å². The fourth-order valence-corrected chi connectivity index (χ4v) is 1.51. The number of nitrogens with one attached hydrogen (secondary N) is 3. The van der Waals surface area contributed by atoms with E-state index in [1.165, 1.54) is 0 Å². The van der Waals surface area contributed by atoms with Crippen LogP contribution in [0.15, 0.2) is 24.4 Å². The predicted molar refractivity (Wildman–Crippen MR) is 58.2 cm³/mol. The molecule has 2 heterocycles. The van der Waals surface area contributed by atoms with Crippen LogP contribution >= 0.6 is 0 Å². The summed E-state index contributed by atoms with van der Waals surface area (Å²) in [5.41, 5.74) is 1.37. The molecule has 8 nitrogen and oxygen atoms in total. The minimum absolute atomic E-state index is 0.0125. The van der Waals surface area contributed by atoms with Crippen molar-refractivity contribution in [1.82, 2.24) is 30.8 Å². The Morgan fingerprint density at radius 3 is 3.12 bits per heavy atom. The first-order valence-electron chi connectivity index (χ1n) is 4.81. The van der Waals surface area contributed by atoms with Gasteiger partial charge in [-0.1, -0.05) is 12.1 Å². The first-order valence-corrected chi connectivity index (χ1v) is 4.81. The van der Waals surface area contributed by atoms with Crippen molar-refractivity contribution in [2.75, 3.05) is 5.32 Å². The van der Waals surface area contributed by atoms with E-state index in [0.29, 0.717) is 5.69 Å². The Morgan fingerprint density at radius 2 is 2.29 bits per heavy atom. The van der Waals surface area contributed by atoms with Gasteiger partial charge < -0.3 is 5.32 Å². The quantitative estimate of drug-likeness (QED) is 0.586. The van der Waals surface area contributed by atoms with Crippen molar-refractivity contribution in [3.63, 3.8) is 0 Å². The highest BCUT2D eigenvalue weighted by Gasteiger charge is 2.12. The molecular formula is C9H7N7O. The molecule has 0 unspecified atom stereocenters. The van der Waals surface area contributed by atoms with Gasteiger partial charge in [0.1, 0.15) is 0 Å². The number of tetrazole rings is 1. The number of anilines is 1. The van der Waals surface area contributed by atoms with Crippen molar-refractivity contribution in [3.05, 3.63) is 30.2 Å². The van der Waals surface area contributed by atoms with E-state index in [9.17, 15) is 4.79 Å². The Bertz CT molecular complexity index is 657. The summed E-state index contributed by atoms with van der Waals surface area (Å²) in [6, 6.07) is 5.48. The number of benzene rings is 1. The van der Waals surface area contributed by atoms with Gasteiger partial charge in [0.05, 0.1) is 17.4 Å². The topological polar surface area (TPSA) is 112 Å². The number of aromatic amines is 2. The second-order valence-electron chi connectivity index (χ2n) is 3.33. The second kappa shape index (κ2) is 3.67. The maximum Gasteiger partial charge on any atom is 0.297 e. The molecule has 0 atom stereocenters. The number of nitrogens with zero attached hydrogens (tertiary/aromatic N) is 4. The van der Waals surface area contributed by atoms with E-state index in [4.69, 9.17) is 0 Å². The zero-order chi connectivity index (χ0) is 11.7. The molecule has 8 heteroatoms. The van der Waals surface area contributed by atoms with E-state index in [2.05, 4.69) is 36.1 Å². The molecule has 0 aliphatic rings. The van der Waals surface area contributed by atoms with Gasteiger partial charge in [0.2, 0.25) is 0 Å². The molecule has 0 spiro atoms. The van der Waals surface area contributed by atoms with E-state index in [1.54, 1.807) is 12.3 Å². The molecule has 0 bridgehead atoms. The molecule has 0 aliphatic heterocycles. The van der Waals surface area contributed by atoms with E-state index in [1.807, 2.05) is 12.1 Å². The fraction of sp³-hybridized carbons (Fsp3) is 0. The molecule has 0 saturated carbocycles. The summed E-state index contributed by atoms with van der Waals surface area (Å²) >= 11 is 0.